The van der Waals surface area contributed by atoms with Gasteiger partial charge in [-0.05, 0) is 34.6 Å². The third-order valence-corrected chi connectivity index (χ3v) is 2.76. The minimum atomic E-state index is -0.0129. The highest BCUT2D eigenvalue weighted by Gasteiger charge is 2.17. The van der Waals surface area contributed by atoms with Gasteiger partial charge in [-0.25, -0.2) is 5.01 Å². The van der Waals surface area contributed by atoms with Gasteiger partial charge in [0.2, 0.25) is 0 Å². The maximum Gasteiger partial charge on any atom is 0.0600 e. The first kappa shape index (κ1) is 14.9. The fraction of sp³-hybridized carbons (Fsp3) is 1.00. The largest absolute Gasteiger partial charge is 0.375 e. The summed E-state index contributed by atoms with van der Waals surface area (Å²) in [5.74, 6) is 0. The number of hydrogen-bond acceptors (Lipinski definition) is 4. The predicted molar refractivity (Wildman–Crippen MR) is 72.0 cm³/mol. The Labute approximate surface area is 106 Å². The number of hydrogen-bond donors (Lipinski definition) is 1. The molecule has 0 amide bonds. The molecule has 0 spiro atoms. The van der Waals surface area contributed by atoms with E-state index >= 15 is 0 Å². The van der Waals surface area contributed by atoms with Crippen LogP contribution in [-0.4, -0.2) is 60.9 Å². The number of piperazine rings is 1. The lowest BCUT2D eigenvalue weighted by molar-refractivity contribution is -0.0207. The molecule has 4 nitrogen and oxygen atoms in total. The third kappa shape index (κ3) is 6.99. The molecule has 0 saturated carbocycles. The lowest BCUT2D eigenvalue weighted by Gasteiger charge is -2.36. The smallest absolute Gasteiger partial charge is 0.0600 e. The monoisotopic (exact) mass is 243 g/mol. The number of ether oxygens (including phenoxy) is 1. The van der Waals surface area contributed by atoms with Crippen LogP contribution in [-0.2, 0) is 4.74 Å². The van der Waals surface area contributed by atoms with Gasteiger partial charge in [-0.1, -0.05) is 0 Å². The van der Waals surface area contributed by atoms with Crippen LogP contribution in [0.3, 0.4) is 0 Å². The number of hydrazine groups is 1. The Morgan fingerprint density at radius 2 is 1.71 bits per heavy atom. The molecule has 1 N–H and O–H groups in total. The van der Waals surface area contributed by atoms with Crippen molar-refractivity contribution >= 4 is 0 Å². The summed E-state index contributed by atoms with van der Waals surface area (Å²) in [5, 5.41) is 2.33. The molecule has 1 saturated heterocycles. The number of nitrogens with zero attached hydrogens (tertiary/aromatic N) is 2. The van der Waals surface area contributed by atoms with Crippen LogP contribution in [0.2, 0.25) is 0 Å². The molecule has 1 heterocycles. The highest BCUT2D eigenvalue weighted by Crippen LogP contribution is 2.07. The van der Waals surface area contributed by atoms with Crippen LogP contribution in [0.25, 0.3) is 0 Å². The van der Waals surface area contributed by atoms with Crippen molar-refractivity contribution in [3.63, 3.8) is 0 Å². The molecule has 0 atom stereocenters. The lowest BCUT2D eigenvalue weighted by Crippen LogP contribution is -2.54. The van der Waals surface area contributed by atoms with Crippen LogP contribution >= 0.6 is 0 Å². The summed E-state index contributed by atoms with van der Waals surface area (Å²) in [4.78, 5) is 2.48. The van der Waals surface area contributed by atoms with Gasteiger partial charge >= 0.3 is 0 Å². The summed E-state index contributed by atoms with van der Waals surface area (Å²) in [6.07, 6.45) is 0. The zero-order valence-electron chi connectivity index (χ0n) is 12.1. The average Bonchev–Trinajstić information content (AvgIpc) is 2.18. The van der Waals surface area contributed by atoms with Gasteiger partial charge in [-0.2, -0.15) is 0 Å². The molecule has 17 heavy (non-hydrogen) atoms. The first-order valence-electron chi connectivity index (χ1n) is 6.74. The van der Waals surface area contributed by atoms with Crippen molar-refractivity contribution in [1.29, 1.82) is 0 Å². The van der Waals surface area contributed by atoms with E-state index in [1.54, 1.807) is 0 Å². The summed E-state index contributed by atoms with van der Waals surface area (Å²) < 4.78 is 5.75. The van der Waals surface area contributed by atoms with Gasteiger partial charge in [0.25, 0.3) is 0 Å². The van der Waals surface area contributed by atoms with Crippen LogP contribution in [0.4, 0.5) is 0 Å². The van der Waals surface area contributed by atoms with Gasteiger partial charge in [0.05, 0.1) is 12.2 Å². The molecule has 1 aliphatic heterocycles. The molecular weight excluding hydrogens is 214 g/mol. The Hall–Kier alpha value is -0.160. The van der Waals surface area contributed by atoms with Crippen LogP contribution in [0.1, 0.15) is 34.6 Å². The Bertz CT molecular complexity index is 205. The first-order valence-corrected chi connectivity index (χ1v) is 6.74. The second-order valence-electron chi connectivity index (χ2n) is 6.07. The highest BCUT2D eigenvalue weighted by atomic mass is 16.5. The first-order chi connectivity index (χ1) is 7.87. The van der Waals surface area contributed by atoms with Gasteiger partial charge in [-0.15, -0.1) is 0 Å². The molecule has 4 heteroatoms. The summed E-state index contributed by atoms with van der Waals surface area (Å²) in [6, 6.07) is 0.533. The molecule has 0 aromatic carbocycles. The molecule has 1 fully saturated rings. The molecule has 0 radical (unpaired) electrons. The lowest BCUT2D eigenvalue weighted by atomic mass is 10.2. The van der Waals surface area contributed by atoms with Crippen LogP contribution in [0.5, 0.6) is 0 Å². The minimum Gasteiger partial charge on any atom is -0.375 e. The summed E-state index contributed by atoms with van der Waals surface area (Å²) in [6.45, 7) is 17.1. The van der Waals surface area contributed by atoms with Gasteiger partial charge in [-0.3, -0.25) is 10.3 Å². The molecule has 102 valence electrons. The van der Waals surface area contributed by atoms with Crippen molar-refractivity contribution in [3.05, 3.63) is 0 Å². The average molecular weight is 243 g/mol. The second-order valence-corrected chi connectivity index (χ2v) is 6.07. The Morgan fingerprint density at radius 1 is 1.12 bits per heavy atom. The molecular formula is C13H29N3O. The third-order valence-electron chi connectivity index (χ3n) is 2.76. The van der Waals surface area contributed by atoms with Crippen molar-refractivity contribution in [1.82, 2.24) is 15.3 Å². The quantitative estimate of drug-likeness (QED) is 0.788. The van der Waals surface area contributed by atoms with E-state index in [1.807, 2.05) is 0 Å². The zero-order valence-corrected chi connectivity index (χ0v) is 12.1. The van der Waals surface area contributed by atoms with Crippen molar-refractivity contribution in [3.8, 4) is 0 Å². The summed E-state index contributed by atoms with van der Waals surface area (Å²) in [5.41, 5.74) is 3.45. The van der Waals surface area contributed by atoms with E-state index in [0.717, 1.165) is 39.3 Å². The standard InChI is InChI=1S/C13H29N3O/c1-12(2)14-16-8-6-15(7-9-16)10-11-17-13(3,4)5/h12,14H,6-11H2,1-5H3. The molecule has 1 aliphatic rings. The minimum absolute atomic E-state index is 0.0129. The summed E-state index contributed by atoms with van der Waals surface area (Å²) >= 11 is 0. The van der Waals surface area contributed by atoms with E-state index in [4.69, 9.17) is 4.74 Å². The van der Waals surface area contributed by atoms with E-state index in [1.165, 1.54) is 0 Å². The number of rotatable bonds is 5. The van der Waals surface area contributed by atoms with Crippen molar-refractivity contribution < 1.29 is 4.74 Å². The molecule has 0 aliphatic carbocycles. The van der Waals surface area contributed by atoms with Crippen molar-refractivity contribution in [2.45, 2.75) is 46.3 Å². The second kappa shape index (κ2) is 6.69. The fourth-order valence-electron chi connectivity index (χ4n) is 1.95. The molecule has 0 aromatic rings. The van der Waals surface area contributed by atoms with Crippen LogP contribution in [0, 0.1) is 0 Å². The fourth-order valence-corrected chi connectivity index (χ4v) is 1.95. The Morgan fingerprint density at radius 3 is 2.18 bits per heavy atom. The topological polar surface area (TPSA) is 27.7 Å². The number of nitrogens with one attached hydrogen (secondary N) is 1. The Kier molecular flexibility index (Phi) is 5.86. The zero-order chi connectivity index (χ0) is 12.9. The van der Waals surface area contributed by atoms with Gasteiger partial charge < -0.3 is 4.74 Å². The molecule has 0 aromatic heterocycles. The van der Waals surface area contributed by atoms with Gasteiger partial charge in [0.15, 0.2) is 0 Å². The van der Waals surface area contributed by atoms with E-state index in [0.29, 0.717) is 6.04 Å². The Balaban J connectivity index is 2.11. The van der Waals surface area contributed by atoms with E-state index < -0.39 is 0 Å². The van der Waals surface area contributed by atoms with Crippen LogP contribution in [0.15, 0.2) is 0 Å². The van der Waals surface area contributed by atoms with Crippen molar-refractivity contribution in [2.24, 2.45) is 0 Å². The maximum atomic E-state index is 5.75. The highest BCUT2D eigenvalue weighted by molar-refractivity contribution is 4.70. The van der Waals surface area contributed by atoms with Gasteiger partial charge in [0, 0.05) is 38.8 Å². The van der Waals surface area contributed by atoms with E-state index in [9.17, 15) is 0 Å². The SMILES string of the molecule is CC(C)NN1CCN(CCOC(C)(C)C)CC1. The van der Waals surface area contributed by atoms with Crippen molar-refractivity contribution in [2.75, 3.05) is 39.3 Å². The van der Waals surface area contributed by atoms with E-state index in [-0.39, 0.29) is 5.60 Å². The normalized spacial score (nSPS) is 20.1. The van der Waals surface area contributed by atoms with Gasteiger partial charge in [0.1, 0.15) is 0 Å². The predicted octanol–water partition coefficient (Wildman–Crippen LogP) is 1.33. The summed E-state index contributed by atoms with van der Waals surface area (Å²) in [7, 11) is 0. The molecule has 0 unspecified atom stereocenters. The maximum absolute atomic E-state index is 5.75. The van der Waals surface area contributed by atoms with E-state index in [2.05, 4.69) is 50.0 Å². The molecule has 0 bridgehead atoms. The molecule has 1 rings (SSSR count). The van der Waals surface area contributed by atoms with Crippen LogP contribution < -0.4 is 5.43 Å².